The zero-order chi connectivity index (χ0) is 12.8. The maximum Gasteiger partial charge on any atom is 0.327 e. The van der Waals surface area contributed by atoms with Gasteiger partial charge in [-0.25, -0.2) is 9.59 Å². The number of nitrogens with zero attached hydrogens (tertiary/aromatic N) is 1. The first-order valence-corrected chi connectivity index (χ1v) is 5.44. The van der Waals surface area contributed by atoms with Gasteiger partial charge in [0.15, 0.2) is 0 Å². The van der Waals surface area contributed by atoms with Crippen molar-refractivity contribution >= 4 is 12.0 Å². The normalized spacial score (nSPS) is 21.5. The fourth-order valence-electron chi connectivity index (χ4n) is 1.76. The van der Waals surface area contributed by atoms with Gasteiger partial charge in [0.05, 0.1) is 0 Å². The second kappa shape index (κ2) is 6.11. The van der Waals surface area contributed by atoms with E-state index >= 15 is 0 Å². The third-order valence-corrected chi connectivity index (χ3v) is 2.65. The standard InChI is InChI=1S/C11H17N3O3/c1-3-4-9(10(15)16)13-11(17)12-8-5-6-14(2)7-8/h1,8-9H,4-7H2,2H3,(H,15,16)(H2,12,13,17). The largest absolute Gasteiger partial charge is 0.480 e. The molecule has 0 radical (unpaired) electrons. The summed E-state index contributed by atoms with van der Waals surface area (Å²) < 4.78 is 0. The van der Waals surface area contributed by atoms with Crippen molar-refractivity contribution in [2.75, 3.05) is 20.1 Å². The Morgan fingerprint density at radius 2 is 2.35 bits per heavy atom. The highest BCUT2D eigenvalue weighted by Gasteiger charge is 2.23. The molecule has 1 fully saturated rings. The number of likely N-dealkylation sites (N-methyl/N-ethyl adjacent to an activating group) is 1. The molecule has 1 heterocycles. The summed E-state index contributed by atoms with van der Waals surface area (Å²) in [6.07, 6.45) is 5.88. The fraction of sp³-hybridized carbons (Fsp3) is 0.636. The summed E-state index contributed by atoms with van der Waals surface area (Å²) in [5, 5.41) is 13.9. The van der Waals surface area contributed by atoms with Crippen molar-refractivity contribution in [3.05, 3.63) is 0 Å². The van der Waals surface area contributed by atoms with Gasteiger partial charge in [-0.1, -0.05) is 0 Å². The summed E-state index contributed by atoms with van der Waals surface area (Å²) in [6, 6.07) is -1.44. The van der Waals surface area contributed by atoms with E-state index in [0.717, 1.165) is 19.5 Å². The fourth-order valence-corrected chi connectivity index (χ4v) is 1.76. The molecule has 0 spiro atoms. The Bertz CT molecular complexity index is 337. The maximum absolute atomic E-state index is 11.5. The number of carboxylic acid groups (broad SMARTS) is 1. The van der Waals surface area contributed by atoms with Crippen LogP contribution in [0.15, 0.2) is 0 Å². The van der Waals surface area contributed by atoms with Crippen molar-refractivity contribution in [2.24, 2.45) is 0 Å². The first-order valence-electron chi connectivity index (χ1n) is 5.44. The molecule has 0 aliphatic carbocycles. The van der Waals surface area contributed by atoms with Crippen LogP contribution in [0.25, 0.3) is 0 Å². The van der Waals surface area contributed by atoms with Crippen molar-refractivity contribution in [2.45, 2.75) is 24.9 Å². The van der Waals surface area contributed by atoms with E-state index < -0.39 is 18.0 Å². The number of amides is 2. The molecular formula is C11H17N3O3. The molecule has 0 aromatic heterocycles. The lowest BCUT2D eigenvalue weighted by Crippen LogP contribution is -2.49. The quantitative estimate of drug-likeness (QED) is 0.576. The van der Waals surface area contributed by atoms with Crippen molar-refractivity contribution in [3.8, 4) is 12.3 Å². The number of hydrogen-bond acceptors (Lipinski definition) is 3. The zero-order valence-electron chi connectivity index (χ0n) is 9.77. The smallest absolute Gasteiger partial charge is 0.327 e. The Hall–Kier alpha value is -1.74. The summed E-state index contributed by atoms with van der Waals surface area (Å²) in [5.41, 5.74) is 0. The monoisotopic (exact) mass is 239 g/mol. The first-order chi connectivity index (χ1) is 8.02. The predicted octanol–water partition coefficient (Wildman–Crippen LogP) is -0.534. The number of carbonyl (C=O) groups is 2. The number of rotatable bonds is 4. The molecule has 1 saturated heterocycles. The highest BCUT2D eigenvalue weighted by atomic mass is 16.4. The number of urea groups is 1. The van der Waals surface area contributed by atoms with Crippen LogP contribution in [0.2, 0.25) is 0 Å². The van der Waals surface area contributed by atoms with Gasteiger partial charge < -0.3 is 20.6 Å². The SMILES string of the molecule is C#CCC(NC(=O)NC1CCN(C)C1)C(=O)O. The van der Waals surface area contributed by atoms with Gasteiger partial charge in [0.25, 0.3) is 0 Å². The molecule has 17 heavy (non-hydrogen) atoms. The molecule has 0 saturated carbocycles. The molecule has 2 amide bonds. The van der Waals surface area contributed by atoms with Crippen LogP contribution < -0.4 is 10.6 Å². The molecule has 1 aliphatic rings. The van der Waals surface area contributed by atoms with Crippen molar-refractivity contribution in [3.63, 3.8) is 0 Å². The molecule has 6 heteroatoms. The number of aliphatic carboxylic acids is 1. The lowest BCUT2D eigenvalue weighted by atomic mass is 10.2. The second-order valence-electron chi connectivity index (χ2n) is 4.16. The van der Waals surface area contributed by atoms with E-state index in [2.05, 4.69) is 21.5 Å². The van der Waals surface area contributed by atoms with E-state index in [9.17, 15) is 9.59 Å². The molecule has 1 aliphatic heterocycles. The third-order valence-electron chi connectivity index (χ3n) is 2.65. The van der Waals surface area contributed by atoms with Crippen LogP contribution in [0.4, 0.5) is 4.79 Å². The lowest BCUT2D eigenvalue weighted by Gasteiger charge is -2.16. The van der Waals surface area contributed by atoms with E-state index in [1.165, 1.54) is 0 Å². The number of carboxylic acids is 1. The molecule has 3 N–H and O–H groups in total. The zero-order valence-corrected chi connectivity index (χ0v) is 9.77. The Kier molecular flexibility index (Phi) is 4.79. The number of nitrogens with one attached hydrogen (secondary N) is 2. The van der Waals surface area contributed by atoms with Crippen LogP contribution >= 0.6 is 0 Å². The first kappa shape index (κ1) is 13.3. The molecule has 2 unspecified atom stereocenters. The van der Waals surface area contributed by atoms with Gasteiger partial charge in [-0.15, -0.1) is 12.3 Å². The topological polar surface area (TPSA) is 81.7 Å². The predicted molar refractivity (Wildman–Crippen MR) is 62.4 cm³/mol. The summed E-state index contributed by atoms with van der Waals surface area (Å²) in [6.45, 7) is 1.71. The summed E-state index contributed by atoms with van der Waals surface area (Å²) in [5.74, 6) is 1.10. The molecule has 2 atom stereocenters. The minimum Gasteiger partial charge on any atom is -0.480 e. The second-order valence-corrected chi connectivity index (χ2v) is 4.16. The Labute approximate surface area is 100 Å². The van der Waals surface area contributed by atoms with Gasteiger partial charge in [-0.05, 0) is 20.0 Å². The van der Waals surface area contributed by atoms with Crippen LogP contribution in [0, 0.1) is 12.3 Å². The molecular weight excluding hydrogens is 222 g/mol. The highest BCUT2D eigenvalue weighted by Crippen LogP contribution is 2.05. The van der Waals surface area contributed by atoms with Gasteiger partial charge in [-0.2, -0.15) is 0 Å². The Morgan fingerprint density at radius 3 is 2.82 bits per heavy atom. The molecule has 0 aromatic rings. The maximum atomic E-state index is 11.5. The molecule has 0 bridgehead atoms. The van der Waals surface area contributed by atoms with Gasteiger partial charge in [0.2, 0.25) is 0 Å². The third kappa shape index (κ3) is 4.33. The van der Waals surface area contributed by atoms with Gasteiger partial charge in [0, 0.05) is 19.0 Å². The average Bonchev–Trinajstić information content (AvgIpc) is 2.63. The van der Waals surface area contributed by atoms with Crippen molar-refractivity contribution in [1.29, 1.82) is 0 Å². The van der Waals surface area contributed by atoms with Gasteiger partial charge >= 0.3 is 12.0 Å². The van der Waals surface area contributed by atoms with Crippen LogP contribution in [0.3, 0.4) is 0 Å². The molecule has 6 nitrogen and oxygen atoms in total. The minimum absolute atomic E-state index is 0.0205. The Balaban J connectivity index is 2.37. The van der Waals surface area contributed by atoms with Crippen LogP contribution in [-0.4, -0.2) is 54.2 Å². The summed E-state index contributed by atoms with van der Waals surface area (Å²) in [7, 11) is 1.97. The molecule has 94 valence electrons. The summed E-state index contributed by atoms with van der Waals surface area (Å²) >= 11 is 0. The Morgan fingerprint density at radius 1 is 1.65 bits per heavy atom. The molecule has 0 aromatic carbocycles. The lowest BCUT2D eigenvalue weighted by molar-refractivity contribution is -0.139. The highest BCUT2D eigenvalue weighted by molar-refractivity contribution is 5.82. The number of hydrogen-bond donors (Lipinski definition) is 3. The van der Waals surface area contributed by atoms with Gasteiger partial charge in [-0.3, -0.25) is 0 Å². The van der Waals surface area contributed by atoms with Crippen molar-refractivity contribution in [1.82, 2.24) is 15.5 Å². The van der Waals surface area contributed by atoms with E-state index in [4.69, 9.17) is 11.5 Å². The number of carbonyl (C=O) groups excluding carboxylic acids is 1. The van der Waals surface area contributed by atoms with E-state index in [-0.39, 0.29) is 12.5 Å². The van der Waals surface area contributed by atoms with Crippen LogP contribution in [0.5, 0.6) is 0 Å². The van der Waals surface area contributed by atoms with Crippen LogP contribution in [0.1, 0.15) is 12.8 Å². The van der Waals surface area contributed by atoms with Crippen LogP contribution in [-0.2, 0) is 4.79 Å². The van der Waals surface area contributed by atoms with E-state index in [1.807, 2.05) is 7.05 Å². The van der Waals surface area contributed by atoms with Crippen molar-refractivity contribution < 1.29 is 14.7 Å². The molecule has 1 rings (SSSR count). The summed E-state index contributed by atoms with van der Waals surface area (Å²) in [4.78, 5) is 24.4. The van der Waals surface area contributed by atoms with E-state index in [1.54, 1.807) is 0 Å². The number of terminal acetylenes is 1. The number of likely N-dealkylation sites (tertiary alicyclic amines) is 1. The average molecular weight is 239 g/mol. The van der Waals surface area contributed by atoms with Gasteiger partial charge in [0.1, 0.15) is 6.04 Å². The minimum atomic E-state index is -1.12. The van der Waals surface area contributed by atoms with E-state index in [0.29, 0.717) is 0 Å².